The van der Waals surface area contributed by atoms with Gasteiger partial charge in [-0.2, -0.15) is 0 Å². The van der Waals surface area contributed by atoms with E-state index in [9.17, 15) is 4.79 Å². The van der Waals surface area contributed by atoms with E-state index in [-0.39, 0.29) is 5.97 Å². The number of methoxy groups -OCH3 is 1. The highest BCUT2D eigenvalue weighted by atomic mass is 32.1. The molecule has 0 radical (unpaired) electrons. The van der Waals surface area contributed by atoms with Gasteiger partial charge in [-0.25, -0.2) is 4.79 Å². The van der Waals surface area contributed by atoms with Crippen molar-refractivity contribution < 1.29 is 9.53 Å². The molecule has 0 amide bonds. The molecule has 2 fully saturated rings. The number of nitrogens with one attached hydrogen (secondary N) is 1. The molecule has 2 aliphatic heterocycles. The van der Waals surface area contributed by atoms with Crippen LogP contribution in [0.4, 0.5) is 5.69 Å². The summed E-state index contributed by atoms with van der Waals surface area (Å²) in [5.74, 6) is -0.203. The Labute approximate surface area is 130 Å². The fraction of sp³-hybridized carbons (Fsp3) is 0.688. The topological polar surface area (TPSA) is 41.6 Å². The number of carbonyl (C=O) groups is 1. The van der Waals surface area contributed by atoms with Crippen molar-refractivity contribution in [1.82, 2.24) is 5.32 Å². The van der Waals surface area contributed by atoms with Crippen molar-refractivity contribution >= 4 is 23.0 Å². The number of anilines is 1. The molecular weight excluding hydrogens is 284 g/mol. The zero-order valence-electron chi connectivity index (χ0n) is 12.8. The lowest BCUT2D eigenvalue weighted by Crippen LogP contribution is -2.49. The summed E-state index contributed by atoms with van der Waals surface area (Å²) < 4.78 is 4.92. The van der Waals surface area contributed by atoms with E-state index in [1.807, 2.05) is 5.38 Å². The minimum absolute atomic E-state index is 0.203. The van der Waals surface area contributed by atoms with E-state index < -0.39 is 0 Å². The van der Waals surface area contributed by atoms with Gasteiger partial charge in [-0.3, -0.25) is 0 Å². The molecule has 3 rings (SSSR count). The normalized spacial score (nSPS) is 27.9. The lowest BCUT2D eigenvalue weighted by molar-refractivity contribution is 0.0606. The second kappa shape index (κ2) is 6.36. The van der Waals surface area contributed by atoms with E-state index in [2.05, 4.69) is 23.2 Å². The Morgan fingerprint density at radius 2 is 2.14 bits per heavy atom. The lowest BCUT2D eigenvalue weighted by Gasteiger charge is -2.40. The maximum absolute atomic E-state index is 11.9. The Hall–Kier alpha value is -1.07. The van der Waals surface area contributed by atoms with Crippen LogP contribution in [0, 0.1) is 0 Å². The van der Waals surface area contributed by atoms with Crippen LogP contribution in [0.25, 0.3) is 0 Å². The van der Waals surface area contributed by atoms with Gasteiger partial charge >= 0.3 is 5.97 Å². The summed E-state index contributed by atoms with van der Waals surface area (Å²) in [6.07, 6.45) is 6.04. The van der Waals surface area contributed by atoms with Crippen molar-refractivity contribution in [3.8, 4) is 0 Å². The van der Waals surface area contributed by atoms with Gasteiger partial charge in [0.05, 0.1) is 12.8 Å². The highest BCUT2D eigenvalue weighted by Gasteiger charge is 2.42. The van der Waals surface area contributed by atoms with Gasteiger partial charge in [0.15, 0.2) is 0 Å². The molecule has 2 atom stereocenters. The Morgan fingerprint density at radius 1 is 1.43 bits per heavy atom. The molecule has 0 aliphatic carbocycles. The van der Waals surface area contributed by atoms with Gasteiger partial charge in [-0.05, 0) is 50.1 Å². The van der Waals surface area contributed by atoms with E-state index in [0.717, 1.165) is 17.1 Å². The predicted molar refractivity (Wildman–Crippen MR) is 86.3 cm³/mol. The van der Waals surface area contributed by atoms with Gasteiger partial charge in [0.1, 0.15) is 4.88 Å². The third kappa shape index (κ3) is 2.81. The van der Waals surface area contributed by atoms with Crippen LogP contribution in [0.15, 0.2) is 11.4 Å². The molecule has 2 saturated heterocycles. The molecule has 116 valence electrons. The molecule has 3 heterocycles. The van der Waals surface area contributed by atoms with Crippen LogP contribution < -0.4 is 10.2 Å². The van der Waals surface area contributed by atoms with Crippen LogP contribution in [0.2, 0.25) is 0 Å². The Balaban J connectivity index is 1.76. The molecule has 1 aromatic rings. The number of thiophene rings is 1. The average Bonchev–Trinajstić information content (AvgIpc) is 3.06. The maximum atomic E-state index is 11.9. The van der Waals surface area contributed by atoms with Crippen LogP contribution in [0.5, 0.6) is 0 Å². The first-order chi connectivity index (χ1) is 10.2. The molecule has 1 aromatic heterocycles. The Bertz CT molecular complexity index is 488. The van der Waals surface area contributed by atoms with E-state index in [1.54, 1.807) is 0 Å². The minimum atomic E-state index is -0.203. The fourth-order valence-corrected chi connectivity index (χ4v) is 4.64. The third-order valence-corrected chi connectivity index (χ3v) is 5.59. The summed E-state index contributed by atoms with van der Waals surface area (Å²) >= 11 is 1.49. The van der Waals surface area contributed by atoms with Gasteiger partial charge < -0.3 is 15.0 Å². The molecule has 2 bridgehead atoms. The summed E-state index contributed by atoms with van der Waals surface area (Å²) in [6.45, 7) is 3.32. The lowest BCUT2D eigenvalue weighted by atomic mass is 9.96. The van der Waals surface area contributed by atoms with Gasteiger partial charge in [0, 0.05) is 18.1 Å². The van der Waals surface area contributed by atoms with Crippen molar-refractivity contribution in [2.24, 2.45) is 0 Å². The van der Waals surface area contributed by atoms with Crippen molar-refractivity contribution in [1.29, 1.82) is 0 Å². The first-order valence-corrected chi connectivity index (χ1v) is 8.80. The number of esters is 1. The zero-order valence-corrected chi connectivity index (χ0v) is 13.6. The second-order valence-corrected chi connectivity index (χ2v) is 6.96. The molecule has 0 saturated carbocycles. The van der Waals surface area contributed by atoms with E-state index in [0.29, 0.717) is 18.1 Å². The standard InChI is InChI=1S/C16H24N2O2S/c1-3-7-17-11-9-12-4-5-13(10-11)18(12)14-6-8-21-15(14)16(19)20-2/h6,8,11-13,17H,3-5,7,9-10H2,1-2H3. The molecule has 21 heavy (non-hydrogen) atoms. The summed E-state index contributed by atoms with van der Waals surface area (Å²) in [5, 5.41) is 5.67. The summed E-state index contributed by atoms with van der Waals surface area (Å²) in [6, 6.07) is 3.85. The summed E-state index contributed by atoms with van der Waals surface area (Å²) in [7, 11) is 1.46. The number of hydrogen-bond donors (Lipinski definition) is 1. The molecule has 5 heteroatoms. The number of piperidine rings is 1. The smallest absolute Gasteiger partial charge is 0.350 e. The molecule has 4 nitrogen and oxygen atoms in total. The van der Waals surface area contributed by atoms with Gasteiger partial charge in [-0.1, -0.05) is 6.92 Å². The van der Waals surface area contributed by atoms with Crippen molar-refractivity contribution in [3.63, 3.8) is 0 Å². The van der Waals surface area contributed by atoms with Gasteiger partial charge in [0.2, 0.25) is 0 Å². The number of carbonyl (C=O) groups excluding carboxylic acids is 1. The third-order valence-electron chi connectivity index (χ3n) is 4.71. The highest BCUT2D eigenvalue weighted by Crippen LogP contribution is 2.42. The summed E-state index contributed by atoms with van der Waals surface area (Å²) in [5.41, 5.74) is 1.09. The highest BCUT2D eigenvalue weighted by molar-refractivity contribution is 7.12. The predicted octanol–water partition coefficient (Wildman–Crippen LogP) is 3.03. The van der Waals surface area contributed by atoms with E-state index in [1.165, 1.54) is 50.6 Å². The van der Waals surface area contributed by atoms with E-state index >= 15 is 0 Å². The SMILES string of the molecule is CCCNC1CC2CCC(C1)N2c1ccsc1C(=O)OC. The van der Waals surface area contributed by atoms with Crippen molar-refractivity contribution in [2.75, 3.05) is 18.6 Å². The Kier molecular flexibility index (Phi) is 4.50. The number of nitrogens with zero attached hydrogens (tertiary/aromatic N) is 1. The minimum Gasteiger partial charge on any atom is -0.465 e. The second-order valence-electron chi connectivity index (χ2n) is 6.04. The largest absolute Gasteiger partial charge is 0.465 e. The average molecular weight is 308 g/mol. The van der Waals surface area contributed by atoms with Crippen LogP contribution >= 0.6 is 11.3 Å². The van der Waals surface area contributed by atoms with Gasteiger partial charge in [-0.15, -0.1) is 11.3 Å². The number of hydrogen-bond acceptors (Lipinski definition) is 5. The molecule has 0 spiro atoms. The number of fused-ring (bicyclic) bond motifs is 2. The first-order valence-electron chi connectivity index (χ1n) is 7.92. The van der Waals surface area contributed by atoms with Crippen molar-refractivity contribution in [2.45, 2.75) is 57.2 Å². The molecule has 0 aromatic carbocycles. The number of ether oxygens (including phenoxy) is 1. The zero-order chi connectivity index (χ0) is 14.8. The fourth-order valence-electron chi connectivity index (χ4n) is 3.84. The van der Waals surface area contributed by atoms with Crippen molar-refractivity contribution in [3.05, 3.63) is 16.3 Å². The molecular formula is C16H24N2O2S. The maximum Gasteiger partial charge on any atom is 0.350 e. The summed E-state index contributed by atoms with van der Waals surface area (Å²) in [4.78, 5) is 15.2. The van der Waals surface area contributed by atoms with Crippen LogP contribution in [-0.2, 0) is 4.74 Å². The van der Waals surface area contributed by atoms with Crippen LogP contribution in [0.1, 0.15) is 48.7 Å². The molecule has 1 N–H and O–H groups in total. The molecule has 2 unspecified atom stereocenters. The van der Waals surface area contributed by atoms with Gasteiger partial charge in [0.25, 0.3) is 0 Å². The van der Waals surface area contributed by atoms with Crippen LogP contribution in [0.3, 0.4) is 0 Å². The Morgan fingerprint density at radius 3 is 2.76 bits per heavy atom. The molecule has 2 aliphatic rings. The monoisotopic (exact) mass is 308 g/mol. The van der Waals surface area contributed by atoms with Crippen LogP contribution in [-0.4, -0.2) is 37.7 Å². The number of rotatable bonds is 5. The first kappa shape index (κ1) is 14.9. The van der Waals surface area contributed by atoms with E-state index in [4.69, 9.17) is 4.74 Å². The quantitative estimate of drug-likeness (QED) is 0.849.